The number of halogens is 2. The number of carbonyl (C=O) groups is 1. The summed E-state index contributed by atoms with van der Waals surface area (Å²) in [6.07, 6.45) is 0. The number of amides is 1. The van der Waals surface area contributed by atoms with Crippen molar-refractivity contribution >= 4 is 34.8 Å². The molecule has 0 saturated heterocycles. The summed E-state index contributed by atoms with van der Waals surface area (Å²) in [6, 6.07) is 15.8. The number of rotatable bonds is 5. The molecule has 6 heteroatoms. The molecule has 25 heavy (non-hydrogen) atoms. The number of aryl methyl sites for hydroxylation is 1. The van der Waals surface area contributed by atoms with Gasteiger partial charge in [0.05, 0.1) is 10.7 Å². The summed E-state index contributed by atoms with van der Waals surface area (Å²) in [4.78, 5) is 12.2. The lowest BCUT2D eigenvalue weighted by atomic mass is 10.2. The summed E-state index contributed by atoms with van der Waals surface area (Å²) >= 11 is 11.9. The summed E-state index contributed by atoms with van der Waals surface area (Å²) in [5, 5.41) is 3.54. The van der Waals surface area contributed by atoms with Gasteiger partial charge in [0.25, 0.3) is 5.91 Å². The molecule has 0 bridgehead atoms. The van der Waals surface area contributed by atoms with Crippen LogP contribution < -0.4 is 10.1 Å². The molecular formula is C19H15Cl2NO3. The quantitative estimate of drug-likeness (QED) is 0.619. The van der Waals surface area contributed by atoms with Crippen molar-refractivity contribution in [2.45, 2.75) is 13.5 Å². The number of ether oxygens (including phenoxy) is 1. The third-order valence-electron chi connectivity index (χ3n) is 3.47. The monoisotopic (exact) mass is 375 g/mol. The number of hydrogen-bond donors (Lipinski definition) is 1. The first-order chi connectivity index (χ1) is 12.0. The average molecular weight is 376 g/mol. The van der Waals surface area contributed by atoms with Gasteiger partial charge in [-0.25, -0.2) is 0 Å². The van der Waals surface area contributed by atoms with Gasteiger partial charge < -0.3 is 14.5 Å². The SMILES string of the molecule is Cc1ccc(OCc2ccc(C(=O)Nc3ccc(Cl)cc3Cl)o2)cc1. The van der Waals surface area contributed by atoms with E-state index in [2.05, 4.69) is 5.32 Å². The van der Waals surface area contributed by atoms with Gasteiger partial charge in [-0.15, -0.1) is 0 Å². The summed E-state index contributed by atoms with van der Waals surface area (Å²) < 4.78 is 11.1. The van der Waals surface area contributed by atoms with Crippen LogP contribution in [0.2, 0.25) is 10.0 Å². The maximum absolute atomic E-state index is 12.2. The van der Waals surface area contributed by atoms with Crippen molar-refractivity contribution in [2.24, 2.45) is 0 Å². The first-order valence-corrected chi connectivity index (χ1v) is 8.31. The average Bonchev–Trinajstić information content (AvgIpc) is 3.06. The standard InChI is InChI=1S/C19H15Cl2NO3/c1-12-2-5-14(6-3-12)24-11-15-7-9-18(25-15)19(23)22-17-8-4-13(20)10-16(17)21/h2-10H,11H2,1H3,(H,22,23). The Morgan fingerprint density at radius 3 is 2.56 bits per heavy atom. The smallest absolute Gasteiger partial charge is 0.291 e. The van der Waals surface area contributed by atoms with Crippen LogP contribution in [0.5, 0.6) is 5.75 Å². The summed E-state index contributed by atoms with van der Waals surface area (Å²) in [5.41, 5.74) is 1.62. The van der Waals surface area contributed by atoms with Crippen molar-refractivity contribution in [3.63, 3.8) is 0 Å². The predicted octanol–water partition coefficient (Wildman–Crippen LogP) is 5.73. The minimum Gasteiger partial charge on any atom is -0.486 e. The van der Waals surface area contributed by atoms with E-state index in [0.717, 1.165) is 11.3 Å². The maximum Gasteiger partial charge on any atom is 0.291 e. The Morgan fingerprint density at radius 1 is 1.08 bits per heavy atom. The van der Waals surface area contributed by atoms with E-state index in [4.69, 9.17) is 32.4 Å². The zero-order chi connectivity index (χ0) is 17.8. The van der Waals surface area contributed by atoms with Crippen LogP contribution in [0.1, 0.15) is 21.9 Å². The molecule has 0 spiro atoms. The second kappa shape index (κ2) is 7.64. The van der Waals surface area contributed by atoms with E-state index in [0.29, 0.717) is 21.5 Å². The molecule has 0 aliphatic rings. The van der Waals surface area contributed by atoms with E-state index >= 15 is 0 Å². The molecule has 1 heterocycles. The van der Waals surface area contributed by atoms with Gasteiger partial charge in [-0.2, -0.15) is 0 Å². The Hall–Kier alpha value is -2.43. The van der Waals surface area contributed by atoms with Gasteiger partial charge in [-0.3, -0.25) is 4.79 Å². The maximum atomic E-state index is 12.2. The Kier molecular flexibility index (Phi) is 5.31. The fourth-order valence-electron chi connectivity index (χ4n) is 2.14. The van der Waals surface area contributed by atoms with Gasteiger partial charge in [0, 0.05) is 5.02 Å². The number of carbonyl (C=O) groups excluding carboxylic acids is 1. The summed E-state index contributed by atoms with van der Waals surface area (Å²) in [7, 11) is 0. The molecular weight excluding hydrogens is 361 g/mol. The lowest BCUT2D eigenvalue weighted by Crippen LogP contribution is -2.11. The molecule has 2 aromatic carbocycles. The molecule has 3 aromatic rings. The molecule has 0 radical (unpaired) electrons. The van der Waals surface area contributed by atoms with Crippen LogP contribution in [-0.2, 0) is 6.61 Å². The van der Waals surface area contributed by atoms with Crippen LogP contribution in [0.3, 0.4) is 0 Å². The van der Waals surface area contributed by atoms with Crippen molar-refractivity contribution in [2.75, 3.05) is 5.32 Å². The van der Waals surface area contributed by atoms with Crippen molar-refractivity contribution < 1.29 is 13.9 Å². The lowest BCUT2D eigenvalue weighted by molar-refractivity contribution is 0.0992. The number of furan rings is 1. The number of nitrogens with one attached hydrogen (secondary N) is 1. The van der Waals surface area contributed by atoms with E-state index in [1.54, 1.807) is 30.3 Å². The van der Waals surface area contributed by atoms with Crippen molar-refractivity contribution in [3.8, 4) is 5.75 Å². The topological polar surface area (TPSA) is 51.5 Å². The highest BCUT2D eigenvalue weighted by Crippen LogP contribution is 2.26. The van der Waals surface area contributed by atoms with Crippen LogP contribution in [0.25, 0.3) is 0 Å². The molecule has 0 aliphatic heterocycles. The predicted molar refractivity (Wildman–Crippen MR) is 98.6 cm³/mol. The first-order valence-electron chi connectivity index (χ1n) is 7.56. The minimum atomic E-state index is -0.397. The molecule has 3 rings (SSSR count). The normalized spacial score (nSPS) is 10.5. The molecule has 0 saturated carbocycles. The highest BCUT2D eigenvalue weighted by atomic mass is 35.5. The number of benzene rings is 2. The molecule has 4 nitrogen and oxygen atoms in total. The highest BCUT2D eigenvalue weighted by Gasteiger charge is 2.13. The second-order valence-corrected chi connectivity index (χ2v) is 6.29. The van der Waals surface area contributed by atoms with Crippen LogP contribution in [0, 0.1) is 6.92 Å². The number of anilines is 1. The van der Waals surface area contributed by atoms with Crippen LogP contribution in [-0.4, -0.2) is 5.91 Å². The first kappa shape index (κ1) is 17.4. The second-order valence-electron chi connectivity index (χ2n) is 5.45. The summed E-state index contributed by atoms with van der Waals surface area (Å²) in [5.74, 6) is 1.06. The molecule has 128 valence electrons. The Labute approximate surface area is 155 Å². The molecule has 1 aromatic heterocycles. The van der Waals surface area contributed by atoms with Gasteiger partial charge in [0.2, 0.25) is 0 Å². The van der Waals surface area contributed by atoms with E-state index in [1.165, 1.54) is 0 Å². The zero-order valence-corrected chi connectivity index (χ0v) is 14.9. The largest absolute Gasteiger partial charge is 0.486 e. The van der Waals surface area contributed by atoms with Crippen molar-refractivity contribution in [1.29, 1.82) is 0 Å². The van der Waals surface area contributed by atoms with Crippen LogP contribution in [0.15, 0.2) is 59.0 Å². The fraction of sp³-hybridized carbons (Fsp3) is 0.105. The number of hydrogen-bond acceptors (Lipinski definition) is 3. The fourth-order valence-corrected chi connectivity index (χ4v) is 2.60. The molecule has 1 N–H and O–H groups in total. The van der Waals surface area contributed by atoms with E-state index < -0.39 is 5.91 Å². The van der Waals surface area contributed by atoms with Gasteiger partial charge >= 0.3 is 0 Å². The van der Waals surface area contributed by atoms with E-state index in [9.17, 15) is 4.79 Å². The summed E-state index contributed by atoms with van der Waals surface area (Å²) in [6.45, 7) is 2.24. The van der Waals surface area contributed by atoms with Crippen molar-refractivity contribution in [3.05, 3.63) is 81.7 Å². The Balaban J connectivity index is 1.62. The van der Waals surface area contributed by atoms with E-state index in [1.807, 2.05) is 31.2 Å². The van der Waals surface area contributed by atoms with Crippen molar-refractivity contribution in [1.82, 2.24) is 0 Å². The molecule has 1 amide bonds. The van der Waals surface area contributed by atoms with E-state index in [-0.39, 0.29) is 12.4 Å². The third kappa shape index (κ3) is 4.56. The molecule has 0 atom stereocenters. The molecule has 0 aliphatic carbocycles. The molecule has 0 unspecified atom stereocenters. The van der Waals surface area contributed by atoms with Gasteiger partial charge in [-0.05, 0) is 49.4 Å². The lowest BCUT2D eigenvalue weighted by Gasteiger charge is -2.06. The van der Waals surface area contributed by atoms with Gasteiger partial charge in [0.1, 0.15) is 18.1 Å². The Morgan fingerprint density at radius 2 is 1.84 bits per heavy atom. The molecule has 0 fully saturated rings. The van der Waals surface area contributed by atoms with Gasteiger partial charge in [-0.1, -0.05) is 40.9 Å². The van der Waals surface area contributed by atoms with Crippen LogP contribution in [0.4, 0.5) is 5.69 Å². The van der Waals surface area contributed by atoms with Gasteiger partial charge in [0.15, 0.2) is 5.76 Å². The van der Waals surface area contributed by atoms with Crippen LogP contribution >= 0.6 is 23.2 Å². The third-order valence-corrected chi connectivity index (χ3v) is 4.01. The minimum absolute atomic E-state index is 0.175. The zero-order valence-electron chi connectivity index (χ0n) is 13.4. The highest BCUT2D eigenvalue weighted by molar-refractivity contribution is 6.36. The Bertz CT molecular complexity index is 888.